The standard InChI is InChI=1S/C17H24N4O2/c1-10-8-16-19-11(2)14(12(3)21(16)20-10)6-7-17(23)18-9-15(22)13-4-5-13/h8,13,15,22H,4-7,9H2,1-3H3,(H,18,23)/t15-/m0/s1. The first-order valence-electron chi connectivity index (χ1n) is 8.23. The Balaban J connectivity index is 1.63. The molecular weight excluding hydrogens is 292 g/mol. The van der Waals surface area contributed by atoms with Gasteiger partial charge in [-0.25, -0.2) is 9.50 Å². The molecule has 1 saturated carbocycles. The van der Waals surface area contributed by atoms with E-state index in [1.165, 1.54) is 0 Å². The fraction of sp³-hybridized carbons (Fsp3) is 0.588. The Morgan fingerprint density at radius 3 is 2.87 bits per heavy atom. The fourth-order valence-electron chi connectivity index (χ4n) is 3.00. The van der Waals surface area contributed by atoms with Crippen molar-refractivity contribution in [1.29, 1.82) is 0 Å². The highest BCUT2D eigenvalue weighted by Crippen LogP contribution is 2.32. The molecule has 0 saturated heterocycles. The molecular formula is C17H24N4O2. The Morgan fingerprint density at radius 1 is 1.43 bits per heavy atom. The van der Waals surface area contributed by atoms with Crippen molar-refractivity contribution in [3.63, 3.8) is 0 Å². The Bertz CT molecular complexity index is 734. The first-order valence-corrected chi connectivity index (χ1v) is 8.23. The molecule has 2 aromatic heterocycles. The lowest BCUT2D eigenvalue weighted by Gasteiger charge is -2.12. The number of carbonyl (C=O) groups is 1. The van der Waals surface area contributed by atoms with Gasteiger partial charge < -0.3 is 10.4 Å². The Labute approximate surface area is 135 Å². The molecule has 0 unspecified atom stereocenters. The number of nitrogens with zero attached hydrogens (tertiary/aromatic N) is 3. The molecule has 2 heterocycles. The van der Waals surface area contributed by atoms with Crippen LogP contribution in [-0.2, 0) is 11.2 Å². The zero-order valence-corrected chi connectivity index (χ0v) is 14.0. The van der Waals surface area contributed by atoms with E-state index in [2.05, 4.69) is 15.4 Å². The summed E-state index contributed by atoms with van der Waals surface area (Å²) in [5.74, 6) is 0.356. The number of nitrogens with one attached hydrogen (secondary N) is 1. The normalized spacial score (nSPS) is 15.8. The van der Waals surface area contributed by atoms with Crippen molar-refractivity contribution < 1.29 is 9.90 Å². The number of aliphatic hydroxyl groups is 1. The summed E-state index contributed by atoms with van der Waals surface area (Å²) >= 11 is 0. The minimum atomic E-state index is -0.396. The Kier molecular flexibility index (Phi) is 4.35. The molecule has 2 aromatic rings. The van der Waals surface area contributed by atoms with Crippen LogP contribution >= 0.6 is 0 Å². The molecule has 1 amide bonds. The van der Waals surface area contributed by atoms with Crippen LogP contribution in [0.25, 0.3) is 5.65 Å². The zero-order chi connectivity index (χ0) is 16.6. The van der Waals surface area contributed by atoms with Crippen molar-refractivity contribution in [2.24, 2.45) is 5.92 Å². The van der Waals surface area contributed by atoms with Gasteiger partial charge in [-0.2, -0.15) is 5.10 Å². The lowest BCUT2D eigenvalue weighted by molar-refractivity contribution is -0.121. The van der Waals surface area contributed by atoms with Gasteiger partial charge in [0.05, 0.1) is 11.8 Å². The molecule has 0 radical (unpaired) electrons. The highest BCUT2D eigenvalue weighted by Gasteiger charge is 2.29. The summed E-state index contributed by atoms with van der Waals surface area (Å²) in [5.41, 5.74) is 4.83. The maximum atomic E-state index is 12.0. The molecule has 1 fully saturated rings. The number of rotatable bonds is 6. The predicted octanol–water partition coefficient (Wildman–Crippen LogP) is 1.47. The van der Waals surface area contributed by atoms with Crippen molar-refractivity contribution in [3.05, 3.63) is 28.7 Å². The summed E-state index contributed by atoms with van der Waals surface area (Å²) in [6.07, 6.45) is 2.78. The zero-order valence-electron chi connectivity index (χ0n) is 14.0. The molecule has 3 rings (SSSR count). The van der Waals surface area contributed by atoms with E-state index in [1.54, 1.807) is 0 Å². The Morgan fingerprint density at radius 2 is 2.17 bits per heavy atom. The number of amides is 1. The molecule has 6 nitrogen and oxygen atoms in total. The quantitative estimate of drug-likeness (QED) is 0.846. The van der Waals surface area contributed by atoms with E-state index >= 15 is 0 Å². The number of fused-ring (bicyclic) bond motifs is 1. The summed E-state index contributed by atoms with van der Waals surface area (Å²) in [4.78, 5) is 16.6. The second kappa shape index (κ2) is 6.28. The van der Waals surface area contributed by atoms with E-state index in [9.17, 15) is 9.90 Å². The average molecular weight is 316 g/mol. The van der Waals surface area contributed by atoms with E-state index in [4.69, 9.17) is 0 Å². The first kappa shape index (κ1) is 15.9. The minimum absolute atomic E-state index is 0.0276. The largest absolute Gasteiger partial charge is 0.391 e. The topological polar surface area (TPSA) is 79.5 Å². The number of carbonyl (C=O) groups excluding carboxylic acids is 1. The van der Waals surface area contributed by atoms with E-state index < -0.39 is 6.10 Å². The summed E-state index contributed by atoms with van der Waals surface area (Å²) in [6, 6.07) is 1.95. The number of hydrogen-bond donors (Lipinski definition) is 2. The first-order chi connectivity index (χ1) is 11.0. The maximum absolute atomic E-state index is 12.0. The number of hydrogen-bond acceptors (Lipinski definition) is 4. The molecule has 0 aliphatic heterocycles. The van der Waals surface area contributed by atoms with Crippen molar-refractivity contribution in [2.45, 2.75) is 52.6 Å². The van der Waals surface area contributed by atoms with Gasteiger partial charge in [0.2, 0.25) is 5.91 Å². The second-order valence-corrected chi connectivity index (χ2v) is 6.53. The maximum Gasteiger partial charge on any atom is 0.220 e. The van der Waals surface area contributed by atoms with Gasteiger partial charge in [0.15, 0.2) is 5.65 Å². The monoisotopic (exact) mass is 316 g/mol. The number of aliphatic hydroxyl groups excluding tert-OH is 1. The van der Waals surface area contributed by atoms with Crippen LogP contribution in [0.2, 0.25) is 0 Å². The van der Waals surface area contributed by atoms with E-state index in [0.29, 0.717) is 25.3 Å². The van der Waals surface area contributed by atoms with Gasteiger partial charge in [-0.1, -0.05) is 0 Å². The van der Waals surface area contributed by atoms with Crippen molar-refractivity contribution in [2.75, 3.05) is 6.54 Å². The summed E-state index contributed by atoms with van der Waals surface area (Å²) in [7, 11) is 0. The van der Waals surface area contributed by atoms with Crippen LogP contribution in [0.15, 0.2) is 6.07 Å². The predicted molar refractivity (Wildman–Crippen MR) is 87.3 cm³/mol. The number of aromatic nitrogens is 3. The van der Waals surface area contributed by atoms with Crippen molar-refractivity contribution >= 4 is 11.6 Å². The molecule has 6 heteroatoms. The van der Waals surface area contributed by atoms with E-state index in [1.807, 2.05) is 31.4 Å². The smallest absolute Gasteiger partial charge is 0.220 e. The van der Waals surface area contributed by atoms with Crippen LogP contribution in [0.4, 0.5) is 0 Å². The van der Waals surface area contributed by atoms with Gasteiger partial charge >= 0.3 is 0 Å². The van der Waals surface area contributed by atoms with Gasteiger partial charge in [-0.15, -0.1) is 0 Å². The molecule has 23 heavy (non-hydrogen) atoms. The third-order valence-corrected chi connectivity index (χ3v) is 4.56. The lowest BCUT2D eigenvalue weighted by Crippen LogP contribution is -2.33. The van der Waals surface area contributed by atoms with E-state index in [-0.39, 0.29) is 5.91 Å². The van der Waals surface area contributed by atoms with E-state index in [0.717, 1.165) is 41.1 Å². The third-order valence-electron chi connectivity index (χ3n) is 4.56. The highest BCUT2D eigenvalue weighted by molar-refractivity contribution is 5.76. The van der Waals surface area contributed by atoms with Crippen LogP contribution in [0.1, 0.15) is 41.9 Å². The minimum Gasteiger partial charge on any atom is -0.391 e. The Hall–Kier alpha value is -1.95. The van der Waals surface area contributed by atoms with Gasteiger partial charge in [0.1, 0.15) is 0 Å². The lowest BCUT2D eigenvalue weighted by atomic mass is 10.1. The molecule has 0 bridgehead atoms. The molecule has 2 N–H and O–H groups in total. The van der Waals surface area contributed by atoms with Gasteiger partial charge in [0, 0.05) is 30.4 Å². The van der Waals surface area contributed by atoms with Crippen LogP contribution in [0, 0.1) is 26.7 Å². The molecule has 1 aliphatic rings. The third kappa shape index (κ3) is 3.52. The molecule has 124 valence electrons. The van der Waals surface area contributed by atoms with Gasteiger partial charge in [0.25, 0.3) is 0 Å². The molecule has 0 aromatic carbocycles. The van der Waals surface area contributed by atoms with Crippen LogP contribution in [0.3, 0.4) is 0 Å². The molecule has 1 atom stereocenters. The van der Waals surface area contributed by atoms with Gasteiger partial charge in [-0.05, 0) is 51.5 Å². The summed E-state index contributed by atoms with van der Waals surface area (Å²) in [5, 5.41) is 17.1. The summed E-state index contributed by atoms with van der Waals surface area (Å²) in [6.45, 7) is 6.29. The SMILES string of the molecule is Cc1cc2nc(C)c(CCC(=O)NC[C@H](O)C3CC3)c(C)n2n1. The summed E-state index contributed by atoms with van der Waals surface area (Å²) < 4.78 is 1.84. The second-order valence-electron chi connectivity index (χ2n) is 6.53. The highest BCUT2D eigenvalue weighted by atomic mass is 16.3. The van der Waals surface area contributed by atoms with Gasteiger partial charge in [-0.3, -0.25) is 4.79 Å². The van der Waals surface area contributed by atoms with Crippen LogP contribution in [-0.4, -0.2) is 38.3 Å². The van der Waals surface area contributed by atoms with Crippen molar-refractivity contribution in [1.82, 2.24) is 19.9 Å². The number of aryl methyl sites for hydroxylation is 3. The molecule has 0 spiro atoms. The van der Waals surface area contributed by atoms with Crippen LogP contribution in [0.5, 0.6) is 0 Å². The fourth-order valence-corrected chi connectivity index (χ4v) is 3.00. The van der Waals surface area contributed by atoms with Crippen molar-refractivity contribution in [3.8, 4) is 0 Å². The molecule has 1 aliphatic carbocycles. The average Bonchev–Trinajstić information content (AvgIpc) is 3.27. The van der Waals surface area contributed by atoms with Crippen LogP contribution < -0.4 is 5.32 Å².